The molecule has 4 nitrogen and oxygen atoms in total. The average Bonchev–Trinajstić information content (AvgIpc) is 2.30. The van der Waals surface area contributed by atoms with Crippen LogP contribution in [-0.4, -0.2) is 24.1 Å². The Morgan fingerprint density at radius 2 is 1.42 bits per heavy atom. The summed E-state index contributed by atoms with van der Waals surface area (Å²) in [5.41, 5.74) is 0. The van der Waals surface area contributed by atoms with Crippen molar-refractivity contribution in [2.24, 2.45) is 0 Å². The van der Waals surface area contributed by atoms with Crippen molar-refractivity contribution in [2.75, 3.05) is 0 Å². The first-order chi connectivity index (χ1) is 8.95. The smallest absolute Gasteiger partial charge is 0.302 e. The lowest BCUT2D eigenvalue weighted by Gasteiger charge is -2.15. The number of hydrogen-bond donors (Lipinski definition) is 0. The lowest BCUT2D eigenvalue weighted by Crippen LogP contribution is -2.15. The van der Waals surface area contributed by atoms with Gasteiger partial charge in [-0.05, 0) is 39.0 Å². The van der Waals surface area contributed by atoms with Crippen molar-refractivity contribution < 1.29 is 19.1 Å². The second kappa shape index (κ2) is 10.8. The minimum Gasteiger partial charge on any atom is -0.463 e. The van der Waals surface area contributed by atoms with Gasteiger partial charge in [0.05, 0.1) is 6.10 Å². The Morgan fingerprint density at radius 3 is 1.89 bits per heavy atom. The van der Waals surface area contributed by atoms with Gasteiger partial charge >= 0.3 is 11.9 Å². The lowest BCUT2D eigenvalue weighted by atomic mass is 10.1. The zero-order valence-corrected chi connectivity index (χ0v) is 12.7. The molecule has 2 atom stereocenters. The van der Waals surface area contributed by atoms with Crippen molar-refractivity contribution in [3.63, 3.8) is 0 Å². The Labute approximate surface area is 116 Å². The molecule has 0 aromatic rings. The summed E-state index contributed by atoms with van der Waals surface area (Å²) in [4.78, 5) is 21.6. The van der Waals surface area contributed by atoms with Gasteiger partial charge < -0.3 is 9.47 Å². The molecule has 0 amide bonds. The van der Waals surface area contributed by atoms with Gasteiger partial charge in [-0.25, -0.2) is 0 Å². The van der Waals surface area contributed by atoms with E-state index in [1.54, 1.807) is 0 Å². The SMILES string of the molecule is CCC(CCCCCC[C@H](C)OC(C)=O)OC(C)=O. The van der Waals surface area contributed by atoms with E-state index in [1.807, 2.05) is 13.8 Å². The molecule has 0 aliphatic heterocycles. The predicted molar refractivity (Wildman–Crippen MR) is 74.8 cm³/mol. The van der Waals surface area contributed by atoms with E-state index in [2.05, 4.69) is 0 Å². The van der Waals surface area contributed by atoms with E-state index in [-0.39, 0.29) is 24.1 Å². The molecule has 4 heteroatoms. The summed E-state index contributed by atoms with van der Waals surface area (Å²) in [5.74, 6) is -0.401. The highest BCUT2D eigenvalue weighted by molar-refractivity contribution is 5.66. The predicted octanol–water partition coefficient (Wildman–Crippen LogP) is 3.62. The highest BCUT2D eigenvalue weighted by Gasteiger charge is 2.09. The van der Waals surface area contributed by atoms with Crippen LogP contribution in [0.4, 0.5) is 0 Å². The maximum Gasteiger partial charge on any atom is 0.302 e. The minimum absolute atomic E-state index is 0.0157. The number of hydrogen-bond acceptors (Lipinski definition) is 4. The number of unbranched alkanes of at least 4 members (excludes halogenated alkanes) is 3. The maximum atomic E-state index is 10.8. The van der Waals surface area contributed by atoms with Gasteiger partial charge in [-0.15, -0.1) is 0 Å². The first kappa shape index (κ1) is 17.9. The van der Waals surface area contributed by atoms with Crippen molar-refractivity contribution in [1.29, 1.82) is 0 Å². The van der Waals surface area contributed by atoms with Crippen LogP contribution in [0.2, 0.25) is 0 Å². The zero-order chi connectivity index (χ0) is 14.7. The van der Waals surface area contributed by atoms with Crippen molar-refractivity contribution in [2.45, 2.75) is 84.8 Å². The highest BCUT2D eigenvalue weighted by atomic mass is 16.5. The highest BCUT2D eigenvalue weighted by Crippen LogP contribution is 2.13. The molecule has 19 heavy (non-hydrogen) atoms. The standard InChI is InChI=1S/C15H28O4/c1-5-15(19-14(4)17)11-9-7-6-8-10-12(2)18-13(3)16/h12,15H,5-11H2,1-4H3/t12-,15?/m0/s1. The molecule has 112 valence electrons. The van der Waals surface area contributed by atoms with Crippen LogP contribution in [0, 0.1) is 0 Å². The number of carbonyl (C=O) groups excluding carboxylic acids is 2. The van der Waals surface area contributed by atoms with Crippen molar-refractivity contribution in [1.82, 2.24) is 0 Å². The van der Waals surface area contributed by atoms with Crippen LogP contribution in [0.25, 0.3) is 0 Å². The number of ether oxygens (including phenoxy) is 2. The Morgan fingerprint density at radius 1 is 0.895 bits per heavy atom. The molecule has 0 aliphatic rings. The van der Waals surface area contributed by atoms with Crippen LogP contribution in [0.1, 0.15) is 72.6 Å². The van der Waals surface area contributed by atoms with Crippen LogP contribution >= 0.6 is 0 Å². The van der Waals surface area contributed by atoms with Gasteiger partial charge in [-0.3, -0.25) is 9.59 Å². The largest absolute Gasteiger partial charge is 0.463 e. The molecular formula is C15H28O4. The zero-order valence-electron chi connectivity index (χ0n) is 12.7. The first-order valence-electron chi connectivity index (χ1n) is 7.30. The van der Waals surface area contributed by atoms with E-state index in [0.717, 1.165) is 44.9 Å². The fourth-order valence-electron chi connectivity index (χ4n) is 2.08. The van der Waals surface area contributed by atoms with Crippen LogP contribution < -0.4 is 0 Å². The summed E-state index contributed by atoms with van der Waals surface area (Å²) in [6.07, 6.45) is 7.22. The number of rotatable bonds is 10. The van der Waals surface area contributed by atoms with E-state index in [9.17, 15) is 9.59 Å². The van der Waals surface area contributed by atoms with Crippen LogP contribution in [0.3, 0.4) is 0 Å². The second-order valence-corrected chi connectivity index (χ2v) is 5.05. The van der Waals surface area contributed by atoms with Gasteiger partial charge in [0.2, 0.25) is 0 Å². The number of carbonyl (C=O) groups is 2. The van der Waals surface area contributed by atoms with Crippen LogP contribution in [0.5, 0.6) is 0 Å². The Hall–Kier alpha value is -1.06. The quantitative estimate of drug-likeness (QED) is 0.450. The molecule has 0 heterocycles. The number of esters is 2. The first-order valence-corrected chi connectivity index (χ1v) is 7.30. The molecular weight excluding hydrogens is 244 g/mol. The third-order valence-electron chi connectivity index (χ3n) is 3.04. The molecule has 0 rings (SSSR count). The van der Waals surface area contributed by atoms with E-state index >= 15 is 0 Å². The van der Waals surface area contributed by atoms with Gasteiger partial charge in [-0.1, -0.05) is 19.8 Å². The van der Waals surface area contributed by atoms with Crippen molar-refractivity contribution in [3.05, 3.63) is 0 Å². The van der Waals surface area contributed by atoms with Gasteiger partial charge in [-0.2, -0.15) is 0 Å². The van der Waals surface area contributed by atoms with E-state index < -0.39 is 0 Å². The molecule has 0 spiro atoms. The Bertz CT molecular complexity index is 263. The Kier molecular flexibility index (Phi) is 10.2. The van der Waals surface area contributed by atoms with Gasteiger partial charge in [0, 0.05) is 13.8 Å². The van der Waals surface area contributed by atoms with E-state index in [0.29, 0.717) is 0 Å². The average molecular weight is 272 g/mol. The maximum absolute atomic E-state index is 10.8. The van der Waals surface area contributed by atoms with Crippen molar-refractivity contribution in [3.8, 4) is 0 Å². The van der Waals surface area contributed by atoms with E-state index in [1.165, 1.54) is 13.8 Å². The van der Waals surface area contributed by atoms with Gasteiger partial charge in [0.15, 0.2) is 0 Å². The minimum atomic E-state index is -0.209. The summed E-state index contributed by atoms with van der Waals surface area (Å²) in [6, 6.07) is 0. The summed E-state index contributed by atoms with van der Waals surface area (Å²) >= 11 is 0. The normalized spacial score (nSPS) is 13.7. The molecule has 0 saturated heterocycles. The molecule has 0 N–H and O–H groups in total. The van der Waals surface area contributed by atoms with Crippen LogP contribution in [-0.2, 0) is 19.1 Å². The lowest BCUT2D eigenvalue weighted by molar-refractivity contribution is -0.147. The molecule has 0 radical (unpaired) electrons. The molecule has 0 aromatic heterocycles. The summed E-state index contributed by atoms with van der Waals surface area (Å²) < 4.78 is 10.3. The van der Waals surface area contributed by atoms with Gasteiger partial charge in [0.25, 0.3) is 0 Å². The Balaban J connectivity index is 3.48. The monoisotopic (exact) mass is 272 g/mol. The molecule has 0 fully saturated rings. The second-order valence-electron chi connectivity index (χ2n) is 5.05. The topological polar surface area (TPSA) is 52.6 Å². The van der Waals surface area contributed by atoms with Crippen LogP contribution in [0.15, 0.2) is 0 Å². The molecule has 0 bridgehead atoms. The third kappa shape index (κ3) is 11.7. The molecule has 0 saturated carbocycles. The molecule has 0 aromatic carbocycles. The van der Waals surface area contributed by atoms with Crippen molar-refractivity contribution >= 4 is 11.9 Å². The third-order valence-corrected chi connectivity index (χ3v) is 3.04. The van der Waals surface area contributed by atoms with E-state index in [4.69, 9.17) is 9.47 Å². The summed E-state index contributed by atoms with van der Waals surface area (Å²) in [7, 11) is 0. The molecule has 0 aliphatic carbocycles. The van der Waals surface area contributed by atoms with Gasteiger partial charge in [0.1, 0.15) is 6.10 Å². The fourth-order valence-corrected chi connectivity index (χ4v) is 2.08. The molecule has 1 unspecified atom stereocenters. The fraction of sp³-hybridized carbons (Fsp3) is 0.867. The summed E-state index contributed by atoms with van der Waals surface area (Å²) in [6.45, 7) is 6.86. The summed E-state index contributed by atoms with van der Waals surface area (Å²) in [5, 5.41) is 0.